The molecule has 1 aliphatic heterocycles. The zero-order chi connectivity index (χ0) is 16.9. The van der Waals surface area contributed by atoms with Gasteiger partial charge in [-0.05, 0) is 5.56 Å². The number of aromatic nitrogens is 2. The van der Waals surface area contributed by atoms with Crippen LogP contribution < -0.4 is 10.6 Å². The molecule has 3 rings (SSSR count). The van der Waals surface area contributed by atoms with Crippen molar-refractivity contribution in [2.45, 2.75) is 12.6 Å². The monoisotopic (exact) mass is 327 g/mol. The lowest BCUT2D eigenvalue weighted by Gasteiger charge is -2.21. The topological polar surface area (TPSA) is 96.3 Å². The molecule has 24 heavy (non-hydrogen) atoms. The number of rotatable bonds is 6. The molecule has 1 aliphatic rings. The Morgan fingerprint density at radius 3 is 2.71 bits per heavy atom. The molecule has 1 atom stereocenters. The Kier molecular flexibility index (Phi) is 4.55. The highest BCUT2D eigenvalue weighted by molar-refractivity contribution is 6.04. The van der Waals surface area contributed by atoms with Crippen LogP contribution in [0.4, 0.5) is 4.79 Å². The molecule has 8 nitrogen and oxygen atoms in total. The minimum Gasteiger partial charge on any atom is -0.346 e. The van der Waals surface area contributed by atoms with Gasteiger partial charge in [0.15, 0.2) is 0 Å². The van der Waals surface area contributed by atoms with E-state index in [1.807, 2.05) is 34.9 Å². The van der Waals surface area contributed by atoms with E-state index in [4.69, 9.17) is 0 Å². The highest BCUT2D eigenvalue weighted by Crippen LogP contribution is 2.15. The Morgan fingerprint density at radius 1 is 1.29 bits per heavy atom. The number of carbonyl (C=O) groups is 3. The van der Waals surface area contributed by atoms with Crippen LogP contribution in [-0.2, 0) is 16.1 Å². The second-order valence-electron chi connectivity index (χ2n) is 5.43. The molecule has 0 aliphatic carbocycles. The van der Waals surface area contributed by atoms with Crippen LogP contribution in [-0.4, -0.2) is 45.4 Å². The smallest absolute Gasteiger partial charge is 0.325 e. The van der Waals surface area contributed by atoms with Crippen LogP contribution in [0.3, 0.4) is 0 Å². The number of urea groups is 1. The molecule has 1 fully saturated rings. The fraction of sp³-hybridized carbons (Fsp3) is 0.250. The van der Waals surface area contributed by atoms with E-state index >= 15 is 0 Å². The fourth-order valence-corrected chi connectivity index (χ4v) is 2.52. The first kappa shape index (κ1) is 15.7. The number of nitrogens with one attached hydrogen (secondary N) is 2. The minimum absolute atomic E-state index is 0.0662. The summed E-state index contributed by atoms with van der Waals surface area (Å²) in [5.74, 6) is -0.796. The number of benzene rings is 1. The Morgan fingerprint density at radius 2 is 2.08 bits per heavy atom. The van der Waals surface area contributed by atoms with Gasteiger partial charge in [-0.1, -0.05) is 30.3 Å². The third kappa shape index (κ3) is 3.60. The van der Waals surface area contributed by atoms with E-state index in [-0.39, 0.29) is 19.1 Å². The molecular weight excluding hydrogens is 310 g/mol. The number of hydrogen-bond acceptors (Lipinski definition) is 4. The summed E-state index contributed by atoms with van der Waals surface area (Å²) in [4.78, 5) is 40.3. The molecule has 0 saturated carbocycles. The van der Waals surface area contributed by atoms with Gasteiger partial charge in [0.2, 0.25) is 5.91 Å². The van der Waals surface area contributed by atoms with E-state index in [2.05, 4.69) is 15.6 Å². The molecule has 1 aromatic carbocycles. The quantitative estimate of drug-likeness (QED) is 0.746. The van der Waals surface area contributed by atoms with Crippen molar-refractivity contribution in [1.29, 1.82) is 0 Å². The van der Waals surface area contributed by atoms with Gasteiger partial charge in [-0.15, -0.1) is 0 Å². The molecule has 124 valence electrons. The Balaban J connectivity index is 1.70. The van der Waals surface area contributed by atoms with Crippen LogP contribution in [0.25, 0.3) is 0 Å². The largest absolute Gasteiger partial charge is 0.346 e. The number of amides is 4. The normalized spacial score (nSPS) is 15.2. The number of imide groups is 1. The SMILES string of the molecule is O=C(CN1C(=O)CNC1=O)NC(Cn1ccnc1)c1ccccc1. The van der Waals surface area contributed by atoms with Crippen molar-refractivity contribution in [3.63, 3.8) is 0 Å². The van der Waals surface area contributed by atoms with Crippen molar-refractivity contribution in [2.75, 3.05) is 13.1 Å². The molecule has 2 heterocycles. The van der Waals surface area contributed by atoms with Crippen molar-refractivity contribution in [3.05, 3.63) is 54.6 Å². The van der Waals surface area contributed by atoms with Crippen molar-refractivity contribution < 1.29 is 14.4 Å². The number of nitrogens with zero attached hydrogens (tertiary/aromatic N) is 3. The summed E-state index contributed by atoms with van der Waals surface area (Å²) >= 11 is 0. The lowest BCUT2D eigenvalue weighted by atomic mass is 10.1. The van der Waals surface area contributed by atoms with E-state index < -0.39 is 17.8 Å². The molecule has 4 amide bonds. The first-order valence-electron chi connectivity index (χ1n) is 7.52. The molecule has 2 N–H and O–H groups in total. The average molecular weight is 327 g/mol. The summed E-state index contributed by atoms with van der Waals surface area (Å²) in [6.45, 7) is 0.136. The van der Waals surface area contributed by atoms with Crippen LogP contribution in [0.2, 0.25) is 0 Å². The van der Waals surface area contributed by atoms with Gasteiger partial charge >= 0.3 is 6.03 Å². The molecule has 1 unspecified atom stereocenters. The van der Waals surface area contributed by atoms with Gasteiger partial charge in [-0.25, -0.2) is 9.78 Å². The van der Waals surface area contributed by atoms with Crippen molar-refractivity contribution in [1.82, 2.24) is 25.1 Å². The first-order valence-corrected chi connectivity index (χ1v) is 7.52. The second-order valence-corrected chi connectivity index (χ2v) is 5.43. The van der Waals surface area contributed by atoms with Crippen LogP contribution in [0.1, 0.15) is 11.6 Å². The summed E-state index contributed by atoms with van der Waals surface area (Å²) < 4.78 is 1.85. The van der Waals surface area contributed by atoms with E-state index in [9.17, 15) is 14.4 Å². The van der Waals surface area contributed by atoms with Crippen LogP contribution in [0.15, 0.2) is 49.1 Å². The van der Waals surface area contributed by atoms with Crippen molar-refractivity contribution in [3.8, 4) is 0 Å². The highest BCUT2D eigenvalue weighted by atomic mass is 16.2. The summed E-state index contributed by atoms with van der Waals surface area (Å²) in [7, 11) is 0. The van der Waals surface area contributed by atoms with Gasteiger partial charge < -0.3 is 15.2 Å². The minimum atomic E-state index is -0.541. The summed E-state index contributed by atoms with van der Waals surface area (Å²) in [6, 6.07) is 8.66. The lowest BCUT2D eigenvalue weighted by molar-refractivity contribution is -0.131. The zero-order valence-electron chi connectivity index (χ0n) is 12.9. The number of imidazole rings is 1. The fourth-order valence-electron chi connectivity index (χ4n) is 2.52. The Hall–Kier alpha value is -3.16. The van der Waals surface area contributed by atoms with E-state index in [0.717, 1.165) is 10.5 Å². The molecule has 0 bridgehead atoms. The lowest BCUT2D eigenvalue weighted by Crippen LogP contribution is -2.42. The van der Waals surface area contributed by atoms with Crippen LogP contribution in [0, 0.1) is 0 Å². The van der Waals surface area contributed by atoms with Gasteiger partial charge in [0.25, 0.3) is 5.91 Å². The standard InChI is InChI=1S/C16H17N5O3/c22-14(10-21-15(23)8-18-16(21)24)19-13(9-20-7-6-17-11-20)12-4-2-1-3-5-12/h1-7,11,13H,8-10H2,(H,18,24)(H,19,22). The molecule has 2 aromatic rings. The molecule has 0 spiro atoms. The Bertz CT molecular complexity index is 713. The predicted octanol–water partition coefficient (Wildman–Crippen LogP) is 0.292. The maximum Gasteiger partial charge on any atom is 0.325 e. The molecule has 8 heteroatoms. The van der Waals surface area contributed by atoms with Gasteiger partial charge in [0.1, 0.15) is 6.54 Å². The van der Waals surface area contributed by atoms with Crippen LogP contribution >= 0.6 is 0 Å². The van der Waals surface area contributed by atoms with Crippen molar-refractivity contribution in [2.24, 2.45) is 0 Å². The third-order valence-corrected chi connectivity index (χ3v) is 3.73. The predicted molar refractivity (Wildman–Crippen MR) is 84.7 cm³/mol. The van der Waals surface area contributed by atoms with Crippen molar-refractivity contribution >= 4 is 17.8 Å². The molecule has 0 radical (unpaired) electrons. The summed E-state index contributed by atoms with van der Waals surface area (Å²) in [5.41, 5.74) is 0.928. The summed E-state index contributed by atoms with van der Waals surface area (Å²) in [6.07, 6.45) is 5.14. The average Bonchev–Trinajstić information content (AvgIpc) is 3.20. The third-order valence-electron chi connectivity index (χ3n) is 3.73. The summed E-state index contributed by atoms with van der Waals surface area (Å²) in [5, 5.41) is 5.27. The number of carbonyl (C=O) groups excluding carboxylic acids is 3. The van der Waals surface area contributed by atoms with E-state index in [1.54, 1.807) is 18.7 Å². The van der Waals surface area contributed by atoms with E-state index in [0.29, 0.717) is 6.54 Å². The van der Waals surface area contributed by atoms with E-state index in [1.165, 1.54) is 0 Å². The second kappa shape index (κ2) is 6.95. The van der Waals surface area contributed by atoms with Gasteiger partial charge in [0.05, 0.1) is 18.9 Å². The molecular formula is C16H17N5O3. The highest BCUT2D eigenvalue weighted by Gasteiger charge is 2.30. The van der Waals surface area contributed by atoms with Gasteiger partial charge in [-0.3, -0.25) is 14.5 Å². The zero-order valence-corrected chi connectivity index (χ0v) is 12.9. The van der Waals surface area contributed by atoms with Gasteiger partial charge in [-0.2, -0.15) is 0 Å². The molecule has 1 saturated heterocycles. The number of hydrogen-bond donors (Lipinski definition) is 2. The van der Waals surface area contributed by atoms with Gasteiger partial charge in [0, 0.05) is 18.9 Å². The first-order chi connectivity index (χ1) is 11.6. The molecule has 1 aromatic heterocycles. The van der Waals surface area contributed by atoms with Crippen LogP contribution in [0.5, 0.6) is 0 Å². The maximum absolute atomic E-state index is 12.3. The maximum atomic E-state index is 12.3. The Labute approximate surface area is 138 Å².